The van der Waals surface area contributed by atoms with E-state index in [0.29, 0.717) is 5.69 Å². The molecule has 3 aromatic rings. The maximum atomic E-state index is 13.4. The fourth-order valence-corrected chi connectivity index (χ4v) is 5.21. The van der Waals surface area contributed by atoms with Gasteiger partial charge in [-0.05, 0) is 49.2 Å². The van der Waals surface area contributed by atoms with Gasteiger partial charge >= 0.3 is 0 Å². The molecule has 0 saturated carbocycles. The van der Waals surface area contributed by atoms with E-state index in [1.807, 2.05) is 37.3 Å². The number of para-hydroxylation sites is 2. The fraction of sp³-hybridized carbons (Fsp3) is 0.174. The Labute approximate surface area is 171 Å². The number of hydrogen-bond acceptors (Lipinski definition) is 3. The predicted molar refractivity (Wildman–Crippen MR) is 115 cm³/mol. The Morgan fingerprint density at radius 2 is 1.52 bits per heavy atom. The summed E-state index contributed by atoms with van der Waals surface area (Å²) in [4.78, 5) is 15.2. The second kappa shape index (κ2) is 7.72. The van der Waals surface area contributed by atoms with Crippen molar-refractivity contribution in [1.82, 2.24) is 0 Å². The maximum Gasteiger partial charge on any atom is 0.264 e. The van der Waals surface area contributed by atoms with Gasteiger partial charge in [0.1, 0.15) is 6.54 Å². The maximum absolute atomic E-state index is 13.4. The number of sulfonamides is 1. The van der Waals surface area contributed by atoms with E-state index in [2.05, 4.69) is 0 Å². The lowest BCUT2D eigenvalue weighted by atomic mass is 10.1. The van der Waals surface area contributed by atoms with Crippen molar-refractivity contribution in [3.05, 3.63) is 90.5 Å². The Balaban J connectivity index is 1.71. The third kappa shape index (κ3) is 3.63. The summed E-state index contributed by atoms with van der Waals surface area (Å²) in [5.74, 6) is -0.245. The highest BCUT2D eigenvalue weighted by molar-refractivity contribution is 7.92. The summed E-state index contributed by atoms with van der Waals surface area (Å²) in [5.41, 5.74) is 2.42. The lowest BCUT2D eigenvalue weighted by Gasteiger charge is -2.28. The van der Waals surface area contributed by atoms with E-state index >= 15 is 0 Å². The van der Waals surface area contributed by atoms with Crippen LogP contribution in [0.3, 0.4) is 0 Å². The zero-order valence-corrected chi connectivity index (χ0v) is 16.9. The monoisotopic (exact) mass is 406 g/mol. The fourth-order valence-electron chi connectivity index (χ4n) is 3.77. The molecule has 1 aliphatic heterocycles. The highest BCUT2D eigenvalue weighted by Gasteiger charge is 2.34. The van der Waals surface area contributed by atoms with Crippen LogP contribution in [-0.4, -0.2) is 26.9 Å². The predicted octanol–water partition coefficient (Wildman–Crippen LogP) is 3.86. The number of nitrogens with zero attached hydrogens (tertiary/aromatic N) is 2. The Morgan fingerprint density at radius 1 is 0.931 bits per heavy atom. The summed E-state index contributed by atoms with van der Waals surface area (Å²) < 4.78 is 27.9. The lowest BCUT2D eigenvalue weighted by molar-refractivity contribution is -0.117. The molecule has 1 amide bonds. The smallest absolute Gasteiger partial charge is 0.264 e. The van der Waals surface area contributed by atoms with E-state index in [0.717, 1.165) is 17.7 Å². The van der Waals surface area contributed by atoms with Gasteiger partial charge in [-0.3, -0.25) is 9.10 Å². The first-order valence-corrected chi connectivity index (χ1v) is 11.0. The second-order valence-electron chi connectivity index (χ2n) is 7.11. The van der Waals surface area contributed by atoms with Crippen LogP contribution < -0.4 is 9.21 Å². The number of carbonyl (C=O) groups excluding carboxylic acids is 1. The van der Waals surface area contributed by atoms with Gasteiger partial charge in [-0.1, -0.05) is 54.6 Å². The minimum Gasteiger partial charge on any atom is -0.307 e. The second-order valence-corrected chi connectivity index (χ2v) is 8.97. The summed E-state index contributed by atoms with van der Waals surface area (Å²) in [6, 6.07) is 24.7. The zero-order valence-electron chi connectivity index (χ0n) is 16.1. The van der Waals surface area contributed by atoms with E-state index < -0.39 is 10.0 Å². The van der Waals surface area contributed by atoms with Crippen LogP contribution in [0.4, 0.5) is 11.4 Å². The van der Waals surface area contributed by atoms with Crippen LogP contribution in [0.15, 0.2) is 89.8 Å². The minimum atomic E-state index is -3.89. The molecule has 5 nitrogen and oxygen atoms in total. The first-order chi connectivity index (χ1) is 14.0. The van der Waals surface area contributed by atoms with Gasteiger partial charge in [-0.25, -0.2) is 8.42 Å². The lowest BCUT2D eigenvalue weighted by Crippen LogP contribution is -2.45. The van der Waals surface area contributed by atoms with Crippen LogP contribution >= 0.6 is 0 Å². The van der Waals surface area contributed by atoms with Gasteiger partial charge in [0.2, 0.25) is 5.91 Å². The third-order valence-electron chi connectivity index (χ3n) is 5.13. The molecule has 0 saturated heterocycles. The molecule has 29 heavy (non-hydrogen) atoms. The summed E-state index contributed by atoms with van der Waals surface area (Å²) in [6.45, 7) is 1.72. The van der Waals surface area contributed by atoms with E-state index in [1.165, 1.54) is 4.31 Å². The Morgan fingerprint density at radius 3 is 2.21 bits per heavy atom. The average molecular weight is 407 g/mol. The number of rotatable bonds is 5. The average Bonchev–Trinajstić information content (AvgIpc) is 3.08. The molecule has 0 bridgehead atoms. The van der Waals surface area contributed by atoms with Gasteiger partial charge in [0.25, 0.3) is 10.0 Å². The molecule has 0 aromatic heterocycles. The minimum absolute atomic E-state index is 0.0167. The molecule has 0 fully saturated rings. The molecule has 0 unspecified atom stereocenters. The quantitative estimate of drug-likeness (QED) is 0.647. The summed E-state index contributed by atoms with van der Waals surface area (Å²) >= 11 is 0. The van der Waals surface area contributed by atoms with Crippen LogP contribution in [0.5, 0.6) is 0 Å². The summed E-state index contributed by atoms with van der Waals surface area (Å²) in [6.07, 6.45) is 0.763. The van der Waals surface area contributed by atoms with Crippen LogP contribution in [0.1, 0.15) is 12.5 Å². The molecule has 0 radical (unpaired) electrons. The third-order valence-corrected chi connectivity index (χ3v) is 6.92. The molecule has 3 aromatic carbocycles. The van der Waals surface area contributed by atoms with Gasteiger partial charge < -0.3 is 4.90 Å². The van der Waals surface area contributed by atoms with Crippen molar-refractivity contribution in [2.24, 2.45) is 0 Å². The number of carbonyl (C=O) groups is 1. The van der Waals surface area contributed by atoms with E-state index in [9.17, 15) is 13.2 Å². The number of anilines is 2. The number of benzene rings is 3. The highest BCUT2D eigenvalue weighted by Crippen LogP contribution is 2.32. The molecular weight excluding hydrogens is 384 g/mol. The van der Waals surface area contributed by atoms with Crippen LogP contribution in [0, 0.1) is 0 Å². The Hall–Kier alpha value is -3.12. The molecule has 0 N–H and O–H groups in total. The highest BCUT2D eigenvalue weighted by atomic mass is 32.2. The summed E-state index contributed by atoms with van der Waals surface area (Å²) in [7, 11) is -3.89. The molecule has 0 spiro atoms. The van der Waals surface area contributed by atoms with Crippen LogP contribution in [0.2, 0.25) is 0 Å². The molecule has 1 atom stereocenters. The molecule has 1 aliphatic rings. The van der Waals surface area contributed by atoms with Gasteiger partial charge in [0.15, 0.2) is 0 Å². The topological polar surface area (TPSA) is 57.7 Å². The summed E-state index contributed by atoms with van der Waals surface area (Å²) in [5, 5.41) is 0. The normalized spacial score (nSPS) is 15.8. The van der Waals surface area contributed by atoms with Crippen LogP contribution in [-0.2, 0) is 21.2 Å². The number of fused-ring (bicyclic) bond motifs is 1. The van der Waals surface area contributed by atoms with Crippen molar-refractivity contribution in [3.8, 4) is 0 Å². The SMILES string of the molecule is C[C@H]1Cc2ccccc2N1C(=O)CN(c1ccccc1)S(=O)(=O)c1ccccc1. The van der Waals surface area contributed by atoms with Crippen molar-refractivity contribution in [2.75, 3.05) is 15.7 Å². The molecule has 148 valence electrons. The molecule has 4 rings (SSSR count). The van der Waals surface area contributed by atoms with Gasteiger partial charge in [-0.15, -0.1) is 0 Å². The van der Waals surface area contributed by atoms with E-state index in [4.69, 9.17) is 0 Å². The number of amides is 1. The number of hydrogen-bond donors (Lipinski definition) is 0. The van der Waals surface area contributed by atoms with E-state index in [-0.39, 0.29) is 23.4 Å². The first-order valence-electron chi connectivity index (χ1n) is 9.51. The standard InChI is InChI=1S/C23H22N2O3S/c1-18-16-19-10-8-9-15-22(19)25(18)23(26)17-24(20-11-4-2-5-12-20)29(27,28)21-13-6-3-7-14-21/h2-15,18H,16-17H2,1H3/t18-/m0/s1. The zero-order chi connectivity index (χ0) is 20.4. The molecule has 6 heteroatoms. The van der Waals surface area contributed by atoms with Crippen molar-refractivity contribution >= 4 is 27.3 Å². The Kier molecular flexibility index (Phi) is 5.11. The van der Waals surface area contributed by atoms with Gasteiger partial charge in [0.05, 0.1) is 10.6 Å². The van der Waals surface area contributed by atoms with Gasteiger partial charge in [0, 0.05) is 11.7 Å². The molecule has 0 aliphatic carbocycles. The molecule has 1 heterocycles. The van der Waals surface area contributed by atoms with Crippen molar-refractivity contribution in [1.29, 1.82) is 0 Å². The molecular formula is C23H22N2O3S. The van der Waals surface area contributed by atoms with Crippen LogP contribution in [0.25, 0.3) is 0 Å². The van der Waals surface area contributed by atoms with Gasteiger partial charge in [-0.2, -0.15) is 0 Å². The van der Waals surface area contributed by atoms with Crippen molar-refractivity contribution in [2.45, 2.75) is 24.3 Å². The largest absolute Gasteiger partial charge is 0.307 e. The first kappa shape index (κ1) is 19.2. The van der Waals surface area contributed by atoms with Crippen molar-refractivity contribution in [3.63, 3.8) is 0 Å². The van der Waals surface area contributed by atoms with E-state index in [1.54, 1.807) is 59.5 Å². The Bertz CT molecular complexity index is 1120. The van der Waals surface area contributed by atoms with Crippen molar-refractivity contribution < 1.29 is 13.2 Å².